The van der Waals surface area contributed by atoms with Crippen LogP contribution in [0.25, 0.3) is 0 Å². The normalized spacial score (nSPS) is 19.5. The zero-order valence-corrected chi connectivity index (χ0v) is 13.7. The fourth-order valence-corrected chi connectivity index (χ4v) is 4.97. The van der Waals surface area contributed by atoms with Crippen LogP contribution in [0, 0.1) is 24.0 Å². The molecule has 1 aromatic rings. The maximum absolute atomic E-state index is 13.0. The molecule has 9 heteroatoms. The van der Waals surface area contributed by atoms with E-state index in [9.17, 15) is 28.4 Å². The molecule has 1 unspecified atom stereocenters. The monoisotopic (exact) mass is 342 g/mol. The lowest BCUT2D eigenvalue weighted by Gasteiger charge is -2.32. The molecular weight excluding hydrogens is 324 g/mol. The number of nitrogens with zero attached hydrogens (tertiary/aromatic N) is 2. The molecule has 0 aliphatic carbocycles. The van der Waals surface area contributed by atoms with Crippen LogP contribution in [0.1, 0.15) is 30.4 Å². The second-order valence-electron chi connectivity index (χ2n) is 5.60. The van der Waals surface area contributed by atoms with Crippen molar-refractivity contribution in [3.8, 4) is 0 Å². The number of carboxylic acids is 1. The molecule has 0 saturated carbocycles. The number of sulfonamides is 1. The van der Waals surface area contributed by atoms with E-state index in [2.05, 4.69) is 0 Å². The average Bonchev–Trinajstić information content (AvgIpc) is 2.48. The van der Waals surface area contributed by atoms with E-state index in [4.69, 9.17) is 0 Å². The number of benzene rings is 1. The first kappa shape index (κ1) is 17.4. The van der Waals surface area contributed by atoms with Crippen molar-refractivity contribution in [2.45, 2.75) is 44.0 Å². The summed E-state index contributed by atoms with van der Waals surface area (Å²) in [6.45, 7) is 2.98. The van der Waals surface area contributed by atoms with E-state index in [1.165, 1.54) is 26.0 Å². The van der Waals surface area contributed by atoms with Crippen LogP contribution in [0.15, 0.2) is 17.0 Å². The first-order valence-corrected chi connectivity index (χ1v) is 8.61. The highest BCUT2D eigenvalue weighted by Crippen LogP contribution is 2.35. The van der Waals surface area contributed by atoms with Gasteiger partial charge < -0.3 is 5.11 Å². The Bertz CT molecular complexity index is 759. The predicted molar refractivity (Wildman–Crippen MR) is 81.7 cm³/mol. The molecule has 0 radical (unpaired) electrons. The summed E-state index contributed by atoms with van der Waals surface area (Å²) in [6, 6.07) is 1.79. The summed E-state index contributed by atoms with van der Waals surface area (Å²) in [5.41, 5.74) is -0.0280. The maximum Gasteiger partial charge on any atom is 0.322 e. The van der Waals surface area contributed by atoms with Gasteiger partial charge in [0.2, 0.25) is 0 Å². The number of carboxylic acid groups (broad SMARTS) is 1. The summed E-state index contributed by atoms with van der Waals surface area (Å²) in [5.74, 6) is -1.23. The average molecular weight is 342 g/mol. The van der Waals surface area contributed by atoms with Crippen LogP contribution in [0.2, 0.25) is 0 Å². The standard InChI is InChI=1S/C14H18N2O6S/c1-9-6-7-10(2)13(12(9)16(19)20)23(21,22)15-8-4-3-5-11(15)14(17)18/h6-7,11H,3-5,8H2,1-2H3,(H,17,18). The molecule has 0 aromatic heterocycles. The molecule has 1 aromatic carbocycles. The summed E-state index contributed by atoms with van der Waals surface area (Å²) < 4.78 is 26.8. The minimum atomic E-state index is -4.27. The fourth-order valence-electron chi connectivity index (χ4n) is 2.88. The Morgan fingerprint density at radius 1 is 1.30 bits per heavy atom. The Hall–Kier alpha value is -2.00. The molecule has 0 amide bonds. The molecule has 1 N–H and O–H groups in total. The number of nitro groups is 1. The maximum atomic E-state index is 13.0. The lowest BCUT2D eigenvalue weighted by molar-refractivity contribution is -0.388. The van der Waals surface area contributed by atoms with Crippen LogP contribution in [0.5, 0.6) is 0 Å². The number of aryl methyl sites for hydroxylation is 2. The van der Waals surface area contributed by atoms with E-state index < -0.39 is 37.5 Å². The van der Waals surface area contributed by atoms with Crippen LogP contribution in [0.4, 0.5) is 5.69 Å². The molecule has 0 bridgehead atoms. The fraction of sp³-hybridized carbons (Fsp3) is 0.500. The number of nitro benzene ring substituents is 1. The SMILES string of the molecule is Cc1ccc(C)c(S(=O)(=O)N2CCCCC2C(=O)O)c1[N+](=O)[O-]. The first-order valence-electron chi connectivity index (χ1n) is 7.17. The molecule has 1 atom stereocenters. The van der Waals surface area contributed by atoms with E-state index >= 15 is 0 Å². The zero-order chi connectivity index (χ0) is 17.4. The van der Waals surface area contributed by atoms with Gasteiger partial charge in [0.25, 0.3) is 15.7 Å². The lowest BCUT2D eigenvalue weighted by atomic mass is 10.1. The van der Waals surface area contributed by atoms with E-state index in [1.807, 2.05) is 0 Å². The van der Waals surface area contributed by atoms with E-state index in [-0.39, 0.29) is 24.1 Å². The number of hydrogen-bond donors (Lipinski definition) is 1. The van der Waals surface area contributed by atoms with Crippen LogP contribution in [0.3, 0.4) is 0 Å². The molecule has 1 aliphatic heterocycles. The molecule has 0 spiro atoms. The van der Waals surface area contributed by atoms with E-state index in [1.54, 1.807) is 0 Å². The molecule has 1 heterocycles. The second kappa shape index (κ2) is 6.25. The summed E-state index contributed by atoms with van der Waals surface area (Å²) in [5, 5.41) is 20.6. The number of piperidine rings is 1. The first-order chi connectivity index (χ1) is 10.7. The number of aliphatic carboxylic acids is 1. The van der Waals surface area contributed by atoms with Crippen molar-refractivity contribution >= 4 is 21.7 Å². The Morgan fingerprint density at radius 2 is 1.91 bits per heavy atom. The lowest BCUT2D eigenvalue weighted by Crippen LogP contribution is -2.48. The van der Waals surface area contributed by atoms with Crippen molar-refractivity contribution in [2.75, 3.05) is 6.54 Å². The van der Waals surface area contributed by atoms with Gasteiger partial charge in [-0.15, -0.1) is 0 Å². The number of carbonyl (C=O) groups is 1. The van der Waals surface area contributed by atoms with E-state index in [0.29, 0.717) is 12.8 Å². The Kier molecular flexibility index (Phi) is 4.71. The third-order valence-corrected chi connectivity index (χ3v) is 6.10. The number of hydrogen-bond acceptors (Lipinski definition) is 5. The molecule has 1 aliphatic rings. The van der Waals surface area contributed by atoms with Crippen molar-refractivity contribution in [3.05, 3.63) is 33.4 Å². The van der Waals surface area contributed by atoms with Crippen LogP contribution < -0.4 is 0 Å². The van der Waals surface area contributed by atoms with Gasteiger partial charge in [-0.3, -0.25) is 14.9 Å². The van der Waals surface area contributed by atoms with Crippen LogP contribution >= 0.6 is 0 Å². The molecule has 1 saturated heterocycles. The van der Waals surface area contributed by atoms with Gasteiger partial charge in [0.15, 0.2) is 4.90 Å². The Balaban J connectivity index is 2.66. The van der Waals surface area contributed by atoms with Crippen LogP contribution in [-0.4, -0.2) is 41.3 Å². The molecule has 23 heavy (non-hydrogen) atoms. The zero-order valence-electron chi connectivity index (χ0n) is 12.9. The summed E-state index contributed by atoms with van der Waals surface area (Å²) in [6.07, 6.45) is 1.34. The van der Waals surface area contributed by atoms with Crippen molar-refractivity contribution in [2.24, 2.45) is 0 Å². The molecular formula is C14H18N2O6S. The topological polar surface area (TPSA) is 118 Å². The summed E-state index contributed by atoms with van der Waals surface area (Å²) in [7, 11) is -4.27. The van der Waals surface area contributed by atoms with Gasteiger partial charge in [-0.2, -0.15) is 4.31 Å². The quantitative estimate of drug-likeness (QED) is 0.659. The molecule has 2 rings (SSSR count). The molecule has 8 nitrogen and oxygen atoms in total. The van der Waals surface area contributed by atoms with Crippen molar-refractivity contribution in [1.82, 2.24) is 4.31 Å². The van der Waals surface area contributed by atoms with Gasteiger partial charge >= 0.3 is 5.97 Å². The van der Waals surface area contributed by atoms with Gasteiger partial charge in [0, 0.05) is 12.1 Å². The third kappa shape index (κ3) is 3.06. The highest BCUT2D eigenvalue weighted by atomic mass is 32.2. The van der Waals surface area contributed by atoms with Crippen molar-refractivity contribution < 1.29 is 23.2 Å². The smallest absolute Gasteiger partial charge is 0.322 e. The summed E-state index contributed by atoms with van der Waals surface area (Å²) >= 11 is 0. The minimum absolute atomic E-state index is 0.0455. The predicted octanol–water partition coefficient (Wildman–Crippen LogP) is 1.84. The largest absolute Gasteiger partial charge is 0.480 e. The highest BCUT2D eigenvalue weighted by molar-refractivity contribution is 7.89. The van der Waals surface area contributed by atoms with Gasteiger partial charge in [-0.1, -0.05) is 12.1 Å². The second-order valence-corrected chi connectivity index (χ2v) is 7.43. The van der Waals surface area contributed by atoms with Crippen molar-refractivity contribution in [3.63, 3.8) is 0 Å². The van der Waals surface area contributed by atoms with Crippen LogP contribution in [-0.2, 0) is 14.8 Å². The Morgan fingerprint density at radius 3 is 2.48 bits per heavy atom. The minimum Gasteiger partial charge on any atom is -0.480 e. The number of rotatable bonds is 4. The van der Waals surface area contributed by atoms with Gasteiger partial charge in [0.05, 0.1) is 4.92 Å². The van der Waals surface area contributed by atoms with Crippen molar-refractivity contribution in [1.29, 1.82) is 0 Å². The van der Waals surface area contributed by atoms with Gasteiger partial charge in [-0.05, 0) is 38.7 Å². The third-order valence-electron chi connectivity index (χ3n) is 4.02. The van der Waals surface area contributed by atoms with Gasteiger partial charge in [-0.25, -0.2) is 8.42 Å². The summed E-state index contributed by atoms with van der Waals surface area (Å²) in [4.78, 5) is 21.6. The highest BCUT2D eigenvalue weighted by Gasteiger charge is 2.41. The van der Waals surface area contributed by atoms with Gasteiger partial charge in [0.1, 0.15) is 6.04 Å². The molecule has 1 fully saturated rings. The Labute approximate surface area is 133 Å². The molecule has 126 valence electrons. The van der Waals surface area contributed by atoms with E-state index in [0.717, 1.165) is 4.31 Å².